The van der Waals surface area contributed by atoms with Crippen LogP contribution in [0.1, 0.15) is 53.4 Å². The Balaban J connectivity index is 1.88. The van der Waals surface area contributed by atoms with E-state index in [4.69, 9.17) is 0 Å². The van der Waals surface area contributed by atoms with Crippen LogP contribution in [0.25, 0.3) is 0 Å². The second kappa shape index (κ2) is 11.2. The van der Waals surface area contributed by atoms with E-state index in [-0.39, 0.29) is 17.8 Å². The van der Waals surface area contributed by atoms with Crippen molar-refractivity contribution in [2.75, 3.05) is 6.54 Å². The molecule has 1 aromatic heterocycles. The first-order valence-corrected chi connectivity index (χ1v) is 11.1. The molecule has 2 atom stereocenters. The van der Waals surface area contributed by atoms with Crippen molar-refractivity contribution in [3.05, 3.63) is 101 Å². The zero-order chi connectivity index (χ0) is 24.7. The summed E-state index contributed by atoms with van der Waals surface area (Å²) < 4.78 is 52.4. The standard InChI is InChI=1S/C26H27F4N3O/c1-3-31-25(34)24(19-7-5-4-6-8-19)33-22(20-11-12-21(27)17(2)15-20)13-9-18-10-14-23(32-16-18)26(28,29)30/h4-8,10-12,14-16,22,24,33H,3,9,13H2,1-2H3,(H,31,34)/t22-,24?/m0/s1. The quantitative estimate of drug-likeness (QED) is 0.393. The topological polar surface area (TPSA) is 54.0 Å². The van der Waals surface area contributed by atoms with Crippen molar-refractivity contribution >= 4 is 5.91 Å². The maximum atomic E-state index is 13.9. The van der Waals surface area contributed by atoms with Crippen LogP contribution < -0.4 is 10.6 Å². The van der Waals surface area contributed by atoms with E-state index in [2.05, 4.69) is 15.6 Å². The molecule has 0 saturated heterocycles. The Morgan fingerprint density at radius 3 is 2.35 bits per heavy atom. The molecule has 1 heterocycles. The second-order valence-electron chi connectivity index (χ2n) is 8.05. The van der Waals surface area contributed by atoms with Crippen molar-refractivity contribution < 1.29 is 22.4 Å². The number of carbonyl (C=O) groups is 1. The van der Waals surface area contributed by atoms with Gasteiger partial charge in [0.05, 0.1) is 0 Å². The third kappa shape index (κ3) is 6.63. The summed E-state index contributed by atoms with van der Waals surface area (Å²) in [7, 11) is 0. The molecule has 8 heteroatoms. The normalized spacial score (nSPS) is 13.4. The molecule has 0 aliphatic carbocycles. The molecule has 1 amide bonds. The Morgan fingerprint density at radius 2 is 1.76 bits per heavy atom. The number of aromatic nitrogens is 1. The van der Waals surface area contributed by atoms with Gasteiger partial charge in [0.2, 0.25) is 5.91 Å². The van der Waals surface area contributed by atoms with Crippen LogP contribution >= 0.6 is 0 Å². The molecule has 3 aromatic rings. The average Bonchev–Trinajstić information content (AvgIpc) is 2.81. The molecule has 0 bridgehead atoms. The fourth-order valence-electron chi connectivity index (χ4n) is 3.73. The molecule has 34 heavy (non-hydrogen) atoms. The van der Waals surface area contributed by atoms with Crippen LogP contribution in [0.15, 0.2) is 66.9 Å². The van der Waals surface area contributed by atoms with Gasteiger partial charge in [-0.1, -0.05) is 48.5 Å². The molecule has 180 valence electrons. The number of alkyl halides is 3. The average molecular weight is 474 g/mol. The van der Waals surface area contributed by atoms with Gasteiger partial charge in [-0.25, -0.2) is 4.39 Å². The van der Waals surface area contributed by atoms with Crippen molar-refractivity contribution in [1.29, 1.82) is 0 Å². The molecule has 3 rings (SSSR count). The Labute approximate surface area is 196 Å². The zero-order valence-electron chi connectivity index (χ0n) is 19.0. The van der Waals surface area contributed by atoms with Crippen molar-refractivity contribution in [1.82, 2.24) is 15.6 Å². The van der Waals surface area contributed by atoms with E-state index in [1.807, 2.05) is 37.3 Å². The molecule has 0 fully saturated rings. The molecular weight excluding hydrogens is 446 g/mol. The van der Waals surface area contributed by atoms with E-state index >= 15 is 0 Å². The largest absolute Gasteiger partial charge is 0.433 e. The van der Waals surface area contributed by atoms with Gasteiger partial charge in [-0.15, -0.1) is 0 Å². The minimum atomic E-state index is -4.50. The number of aryl methyl sites for hydroxylation is 2. The van der Waals surface area contributed by atoms with Crippen molar-refractivity contribution in [2.24, 2.45) is 0 Å². The van der Waals surface area contributed by atoms with Crippen molar-refractivity contribution in [3.8, 4) is 0 Å². The maximum Gasteiger partial charge on any atom is 0.433 e. The molecule has 0 spiro atoms. The third-order valence-electron chi connectivity index (χ3n) is 5.54. The number of nitrogens with one attached hydrogen (secondary N) is 2. The van der Waals surface area contributed by atoms with Gasteiger partial charge in [0.25, 0.3) is 0 Å². The van der Waals surface area contributed by atoms with Gasteiger partial charge in [0.1, 0.15) is 17.6 Å². The number of carbonyl (C=O) groups excluding carboxylic acids is 1. The van der Waals surface area contributed by atoms with E-state index in [1.54, 1.807) is 19.1 Å². The first-order valence-electron chi connectivity index (χ1n) is 11.1. The SMILES string of the molecule is CCNC(=O)C(N[C@@H](CCc1ccc(C(F)(F)F)nc1)c1ccc(F)c(C)c1)c1ccccc1. The lowest BCUT2D eigenvalue weighted by molar-refractivity contribution is -0.141. The first-order chi connectivity index (χ1) is 16.2. The molecule has 0 aliphatic rings. The minimum absolute atomic E-state index is 0.200. The van der Waals surface area contributed by atoms with Crippen LogP contribution in [0.5, 0.6) is 0 Å². The van der Waals surface area contributed by atoms with Crippen LogP contribution in [0.2, 0.25) is 0 Å². The second-order valence-corrected chi connectivity index (χ2v) is 8.05. The molecule has 2 N–H and O–H groups in total. The fraction of sp³-hybridized carbons (Fsp3) is 0.308. The number of benzene rings is 2. The number of amides is 1. The number of nitrogens with zero attached hydrogens (tertiary/aromatic N) is 1. The minimum Gasteiger partial charge on any atom is -0.355 e. The summed E-state index contributed by atoms with van der Waals surface area (Å²) in [6.07, 6.45) is -2.41. The summed E-state index contributed by atoms with van der Waals surface area (Å²) >= 11 is 0. The Hall–Kier alpha value is -3.26. The van der Waals surface area contributed by atoms with Crippen LogP contribution in [0, 0.1) is 12.7 Å². The maximum absolute atomic E-state index is 13.9. The molecular formula is C26H27F4N3O. The van der Waals surface area contributed by atoms with Gasteiger partial charge in [-0.2, -0.15) is 13.2 Å². The Bertz CT molecular complexity index is 1090. The molecule has 2 aromatic carbocycles. The highest BCUT2D eigenvalue weighted by Crippen LogP contribution is 2.29. The molecule has 0 aliphatic heterocycles. The Morgan fingerprint density at radius 1 is 1.03 bits per heavy atom. The van der Waals surface area contributed by atoms with E-state index in [0.717, 1.165) is 17.2 Å². The summed E-state index contributed by atoms with van der Waals surface area (Å²) in [6, 6.07) is 15.3. The zero-order valence-corrected chi connectivity index (χ0v) is 19.0. The highest BCUT2D eigenvalue weighted by Gasteiger charge is 2.32. The van der Waals surface area contributed by atoms with Gasteiger partial charge < -0.3 is 5.32 Å². The monoisotopic (exact) mass is 473 g/mol. The number of likely N-dealkylation sites (N-methyl/N-ethyl adjacent to an activating group) is 1. The summed E-state index contributed by atoms with van der Waals surface area (Å²) in [6.45, 7) is 3.95. The lowest BCUT2D eigenvalue weighted by Crippen LogP contribution is -2.39. The van der Waals surface area contributed by atoms with Crippen LogP contribution in [0.3, 0.4) is 0 Å². The number of halogens is 4. The summed E-state index contributed by atoms with van der Waals surface area (Å²) in [4.78, 5) is 16.4. The summed E-state index contributed by atoms with van der Waals surface area (Å²) in [5.74, 6) is -0.536. The van der Waals surface area contributed by atoms with E-state index in [9.17, 15) is 22.4 Å². The molecule has 1 unspecified atom stereocenters. The molecule has 0 radical (unpaired) electrons. The lowest BCUT2D eigenvalue weighted by atomic mass is 9.95. The highest BCUT2D eigenvalue weighted by atomic mass is 19.4. The summed E-state index contributed by atoms with van der Waals surface area (Å²) in [5.41, 5.74) is 1.71. The van der Waals surface area contributed by atoms with E-state index in [1.165, 1.54) is 18.3 Å². The predicted molar refractivity (Wildman–Crippen MR) is 122 cm³/mol. The predicted octanol–water partition coefficient (Wildman–Crippen LogP) is 5.69. The lowest BCUT2D eigenvalue weighted by Gasteiger charge is -2.26. The van der Waals surface area contributed by atoms with E-state index in [0.29, 0.717) is 30.5 Å². The fourth-order valence-corrected chi connectivity index (χ4v) is 3.73. The summed E-state index contributed by atoms with van der Waals surface area (Å²) in [5, 5.41) is 6.23. The van der Waals surface area contributed by atoms with Gasteiger partial charge in [0, 0.05) is 18.8 Å². The van der Waals surface area contributed by atoms with Gasteiger partial charge in [0.15, 0.2) is 0 Å². The number of hydrogen-bond donors (Lipinski definition) is 2. The van der Waals surface area contributed by atoms with E-state index < -0.39 is 17.9 Å². The van der Waals surface area contributed by atoms with Crippen LogP contribution in [-0.2, 0) is 17.4 Å². The highest BCUT2D eigenvalue weighted by molar-refractivity contribution is 5.83. The molecule has 4 nitrogen and oxygen atoms in total. The number of rotatable bonds is 9. The first kappa shape index (κ1) is 25.4. The van der Waals surface area contributed by atoms with Crippen LogP contribution in [-0.4, -0.2) is 17.4 Å². The third-order valence-corrected chi connectivity index (χ3v) is 5.54. The Kier molecular flexibility index (Phi) is 8.39. The van der Waals surface area contributed by atoms with Crippen molar-refractivity contribution in [2.45, 2.75) is 44.9 Å². The van der Waals surface area contributed by atoms with Gasteiger partial charge in [-0.05, 0) is 61.1 Å². The van der Waals surface area contributed by atoms with Crippen molar-refractivity contribution in [3.63, 3.8) is 0 Å². The van der Waals surface area contributed by atoms with Gasteiger partial charge >= 0.3 is 6.18 Å². The van der Waals surface area contributed by atoms with Crippen LogP contribution in [0.4, 0.5) is 17.6 Å². The molecule has 0 saturated carbocycles. The smallest absolute Gasteiger partial charge is 0.355 e. The number of pyridine rings is 1. The number of hydrogen-bond acceptors (Lipinski definition) is 3. The van der Waals surface area contributed by atoms with Gasteiger partial charge in [-0.3, -0.25) is 15.1 Å².